The molecule has 0 saturated heterocycles. The highest BCUT2D eigenvalue weighted by atomic mass is 16.5. The summed E-state index contributed by atoms with van der Waals surface area (Å²) in [6.07, 6.45) is 0.722. The minimum absolute atomic E-state index is 0.343. The van der Waals surface area contributed by atoms with Gasteiger partial charge in [0.05, 0.1) is 5.56 Å². The highest BCUT2D eigenvalue weighted by Crippen LogP contribution is 2.16. The zero-order valence-corrected chi connectivity index (χ0v) is 11.8. The van der Waals surface area contributed by atoms with E-state index in [0.717, 1.165) is 10.8 Å². The fraction of sp³-hybridized carbons (Fsp3) is 0.176. The lowest BCUT2D eigenvalue weighted by Crippen LogP contribution is -2.35. The van der Waals surface area contributed by atoms with Gasteiger partial charge in [-0.05, 0) is 29.8 Å². The summed E-state index contributed by atoms with van der Waals surface area (Å²) in [5, 5.41) is 4.59. The minimum Gasteiger partial charge on any atom is -0.449 e. The van der Waals surface area contributed by atoms with Gasteiger partial charge < -0.3 is 10.1 Å². The molecule has 1 amide bonds. The summed E-state index contributed by atoms with van der Waals surface area (Å²) >= 11 is 0. The van der Waals surface area contributed by atoms with Gasteiger partial charge in [-0.25, -0.2) is 4.79 Å². The van der Waals surface area contributed by atoms with Gasteiger partial charge in [-0.3, -0.25) is 4.79 Å². The van der Waals surface area contributed by atoms with Crippen LogP contribution in [0.1, 0.15) is 17.3 Å². The highest BCUT2D eigenvalue weighted by molar-refractivity contribution is 5.96. The Labute approximate surface area is 123 Å². The maximum Gasteiger partial charge on any atom is 0.338 e. The predicted molar refractivity (Wildman–Crippen MR) is 82.0 cm³/mol. The van der Waals surface area contributed by atoms with E-state index in [2.05, 4.69) is 11.9 Å². The van der Waals surface area contributed by atoms with Gasteiger partial charge in [0.25, 0.3) is 5.91 Å². The van der Waals surface area contributed by atoms with Crippen molar-refractivity contribution in [1.29, 1.82) is 0 Å². The molecule has 0 aliphatic carbocycles. The normalized spacial score (nSPS) is 11.7. The molecule has 2 aromatic rings. The first-order chi connectivity index (χ1) is 10.1. The second-order valence-electron chi connectivity index (χ2n) is 4.64. The fourth-order valence-corrected chi connectivity index (χ4v) is 1.91. The molecule has 0 aromatic heterocycles. The molecule has 0 fully saturated rings. The average molecular weight is 283 g/mol. The van der Waals surface area contributed by atoms with Gasteiger partial charge in [0, 0.05) is 6.54 Å². The molecule has 4 nitrogen and oxygen atoms in total. The third kappa shape index (κ3) is 3.69. The van der Waals surface area contributed by atoms with Crippen LogP contribution in [0.2, 0.25) is 0 Å². The summed E-state index contributed by atoms with van der Waals surface area (Å²) in [7, 11) is 0. The van der Waals surface area contributed by atoms with E-state index in [1.54, 1.807) is 18.2 Å². The molecule has 1 unspecified atom stereocenters. The second kappa shape index (κ2) is 6.70. The van der Waals surface area contributed by atoms with Gasteiger partial charge in [-0.1, -0.05) is 36.4 Å². The number of amides is 1. The monoisotopic (exact) mass is 283 g/mol. The van der Waals surface area contributed by atoms with Crippen molar-refractivity contribution in [2.24, 2.45) is 0 Å². The molecule has 0 radical (unpaired) electrons. The minimum atomic E-state index is -0.844. The van der Waals surface area contributed by atoms with Crippen molar-refractivity contribution in [3.05, 3.63) is 60.7 Å². The number of rotatable bonds is 5. The molecule has 1 N–H and O–H groups in total. The Morgan fingerprint density at radius 2 is 1.95 bits per heavy atom. The zero-order valence-electron chi connectivity index (χ0n) is 11.8. The molecule has 0 aliphatic rings. The molecule has 0 bridgehead atoms. The van der Waals surface area contributed by atoms with Crippen LogP contribution >= 0.6 is 0 Å². The Morgan fingerprint density at radius 1 is 1.24 bits per heavy atom. The number of carbonyl (C=O) groups is 2. The quantitative estimate of drug-likeness (QED) is 0.678. The van der Waals surface area contributed by atoms with Crippen LogP contribution < -0.4 is 5.32 Å². The fourth-order valence-electron chi connectivity index (χ4n) is 1.91. The van der Waals surface area contributed by atoms with E-state index >= 15 is 0 Å². The summed E-state index contributed by atoms with van der Waals surface area (Å²) in [6, 6.07) is 13.0. The summed E-state index contributed by atoms with van der Waals surface area (Å²) < 4.78 is 5.16. The van der Waals surface area contributed by atoms with E-state index in [9.17, 15) is 9.59 Å². The van der Waals surface area contributed by atoms with Crippen molar-refractivity contribution in [3.63, 3.8) is 0 Å². The number of esters is 1. The maximum atomic E-state index is 12.1. The summed E-state index contributed by atoms with van der Waals surface area (Å²) in [5.74, 6) is -0.856. The van der Waals surface area contributed by atoms with Gasteiger partial charge in [0.1, 0.15) is 0 Å². The van der Waals surface area contributed by atoms with Crippen LogP contribution in [0.25, 0.3) is 10.8 Å². The molecule has 21 heavy (non-hydrogen) atoms. The van der Waals surface area contributed by atoms with E-state index in [0.29, 0.717) is 12.1 Å². The number of benzene rings is 2. The molecule has 0 saturated carbocycles. The lowest BCUT2D eigenvalue weighted by Gasteiger charge is -2.13. The van der Waals surface area contributed by atoms with Gasteiger partial charge in [-0.15, -0.1) is 6.58 Å². The van der Waals surface area contributed by atoms with E-state index in [1.165, 1.54) is 6.92 Å². The van der Waals surface area contributed by atoms with Gasteiger partial charge in [-0.2, -0.15) is 0 Å². The molecule has 4 heteroatoms. The smallest absolute Gasteiger partial charge is 0.338 e. The van der Waals surface area contributed by atoms with Crippen molar-refractivity contribution in [2.45, 2.75) is 13.0 Å². The summed E-state index contributed by atoms with van der Waals surface area (Å²) in [6.45, 7) is 5.39. The van der Waals surface area contributed by atoms with Crippen LogP contribution in [0.4, 0.5) is 0 Å². The number of fused-ring (bicyclic) bond motifs is 1. The largest absolute Gasteiger partial charge is 0.449 e. The maximum absolute atomic E-state index is 12.1. The summed E-state index contributed by atoms with van der Waals surface area (Å²) in [5.41, 5.74) is 0.428. The molecular formula is C17H17NO3. The van der Waals surface area contributed by atoms with Crippen LogP contribution in [0, 0.1) is 0 Å². The van der Waals surface area contributed by atoms with E-state index in [-0.39, 0.29) is 5.91 Å². The van der Waals surface area contributed by atoms with Crippen LogP contribution in [0.3, 0.4) is 0 Å². The predicted octanol–water partition coefficient (Wildman–Crippen LogP) is 2.69. The van der Waals surface area contributed by atoms with Crippen molar-refractivity contribution in [3.8, 4) is 0 Å². The first-order valence-electron chi connectivity index (χ1n) is 6.70. The standard InChI is InChI=1S/C17H17NO3/c1-3-10-18-16(19)12(2)21-17(20)15-9-8-13-6-4-5-7-14(13)11-15/h3-9,11-12H,1,10H2,2H3,(H,18,19). The van der Waals surface area contributed by atoms with Crippen LogP contribution in [0.5, 0.6) is 0 Å². The molecule has 0 spiro atoms. The number of ether oxygens (including phenoxy) is 1. The zero-order chi connectivity index (χ0) is 15.2. The third-order valence-corrected chi connectivity index (χ3v) is 3.06. The number of carbonyl (C=O) groups excluding carboxylic acids is 2. The van der Waals surface area contributed by atoms with Gasteiger partial charge in [0.15, 0.2) is 6.10 Å². The Hall–Kier alpha value is -2.62. The molecule has 2 aromatic carbocycles. The van der Waals surface area contributed by atoms with Crippen molar-refractivity contribution in [2.75, 3.05) is 6.54 Å². The Balaban J connectivity index is 2.07. The van der Waals surface area contributed by atoms with Crippen LogP contribution in [-0.2, 0) is 9.53 Å². The molecule has 2 rings (SSSR count). The Bertz CT molecular complexity index is 679. The third-order valence-electron chi connectivity index (χ3n) is 3.06. The van der Waals surface area contributed by atoms with Gasteiger partial charge >= 0.3 is 5.97 Å². The number of hydrogen-bond donors (Lipinski definition) is 1. The van der Waals surface area contributed by atoms with E-state index < -0.39 is 12.1 Å². The Kier molecular flexibility index (Phi) is 4.72. The number of nitrogens with one attached hydrogen (secondary N) is 1. The van der Waals surface area contributed by atoms with Crippen molar-refractivity contribution < 1.29 is 14.3 Å². The lowest BCUT2D eigenvalue weighted by molar-refractivity contribution is -0.128. The number of hydrogen-bond acceptors (Lipinski definition) is 3. The van der Waals surface area contributed by atoms with Crippen molar-refractivity contribution in [1.82, 2.24) is 5.32 Å². The van der Waals surface area contributed by atoms with E-state index in [4.69, 9.17) is 4.74 Å². The van der Waals surface area contributed by atoms with Gasteiger partial charge in [0.2, 0.25) is 0 Å². The average Bonchev–Trinajstić information content (AvgIpc) is 2.51. The van der Waals surface area contributed by atoms with E-state index in [1.807, 2.05) is 30.3 Å². The van der Waals surface area contributed by atoms with Crippen LogP contribution in [0.15, 0.2) is 55.1 Å². The molecular weight excluding hydrogens is 266 g/mol. The lowest BCUT2D eigenvalue weighted by atomic mass is 10.1. The topological polar surface area (TPSA) is 55.4 Å². The molecule has 1 atom stereocenters. The summed E-state index contributed by atoms with van der Waals surface area (Å²) in [4.78, 5) is 23.7. The molecule has 108 valence electrons. The van der Waals surface area contributed by atoms with Crippen LogP contribution in [-0.4, -0.2) is 24.5 Å². The highest BCUT2D eigenvalue weighted by Gasteiger charge is 2.18. The first-order valence-corrected chi connectivity index (χ1v) is 6.70. The Morgan fingerprint density at radius 3 is 2.67 bits per heavy atom. The second-order valence-corrected chi connectivity index (χ2v) is 4.64. The van der Waals surface area contributed by atoms with Crippen molar-refractivity contribution >= 4 is 22.6 Å². The molecule has 0 heterocycles. The molecule has 0 aliphatic heterocycles. The first kappa shape index (κ1) is 14.8. The SMILES string of the molecule is C=CCNC(=O)C(C)OC(=O)c1ccc2ccccc2c1.